The number of halogens is 6. The molecule has 1 aromatic rings. The standard InChI is InChI=1S/C31H44F6O/c1-3-5-20-6-8-21(9-7-20)22-10-12-23(13-11-22)24-14-16-25(17-15-24)26-18-19-27(38-4-2)29(31(35,36)37)28(26)30(32,33)34/h18-25H,3-17H2,1-2H3. The van der Waals surface area contributed by atoms with E-state index in [0.717, 1.165) is 36.7 Å². The van der Waals surface area contributed by atoms with Crippen molar-refractivity contribution < 1.29 is 31.1 Å². The van der Waals surface area contributed by atoms with Gasteiger partial charge >= 0.3 is 12.4 Å². The summed E-state index contributed by atoms with van der Waals surface area (Å²) in [5, 5.41) is 0. The van der Waals surface area contributed by atoms with Crippen LogP contribution < -0.4 is 4.74 Å². The fraction of sp³-hybridized carbons (Fsp3) is 0.806. The molecule has 0 heterocycles. The van der Waals surface area contributed by atoms with Gasteiger partial charge in [0.1, 0.15) is 11.3 Å². The second-order valence-electron chi connectivity index (χ2n) is 12.2. The van der Waals surface area contributed by atoms with Gasteiger partial charge in [-0.25, -0.2) is 0 Å². The molecule has 216 valence electrons. The van der Waals surface area contributed by atoms with Gasteiger partial charge in [-0.2, -0.15) is 26.3 Å². The molecule has 0 aliphatic heterocycles. The first-order chi connectivity index (χ1) is 18.0. The minimum Gasteiger partial charge on any atom is -0.493 e. The molecule has 0 saturated heterocycles. The number of alkyl halides is 6. The summed E-state index contributed by atoms with van der Waals surface area (Å²) in [6.07, 6.45) is 5.45. The molecule has 3 saturated carbocycles. The highest BCUT2D eigenvalue weighted by molar-refractivity contribution is 5.50. The molecule has 3 aliphatic carbocycles. The fourth-order valence-corrected chi connectivity index (χ4v) is 8.15. The van der Waals surface area contributed by atoms with Crippen molar-refractivity contribution in [2.75, 3.05) is 6.61 Å². The third-order valence-corrected chi connectivity index (χ3v) is 10.0. The van der Waals surface area contributed by atoms with E-state index in [-0.39, 0.29) is 12.2 Å². The SMILES string of the molecule is CCCC1CCC(C2CCC(C3CCC(c4ccc(OCC)c(C(F)(F)F)c4C(F)(F)F)CC3)CC2)CC1. The van der Waals surface area contributed by atoms with E-state index in [1.54, 1.807) is 0 Å². The van der Waals surface area contributed by atoms with Crippen LogP contribution in [0.1, 0.15) is 126 Å². The zero-order valence-electron chi connectivity index (χ0n) is 22.9. The Morgan fingerprint density at radius 1 is 0.632 bits per heavy atom. The number of hydrogen-bond donors (Lipinski definition) is 0. The Morgan fingerprint density at radius 2 is 1.08 bits per heavy atom. The lowest BCUT2D eigenvalue weighted by Crippen LogP contribution is -2.30. The lowest BCUT2D eigenvalue weighted by atomic mass is 9.64. The van der Waals surface area contributed by atoms with Gasteiger partial charge in [-0.05, 0) is 118 Å². The summed E-state index contributed by atoms with van der Waals surface area (Å²) < 4.78 is 88.8. The van der Waals surface area contributed by atoms with Crippen molar-refractivity contribution in [2.45, 2.75) is 122 Å². The summed E-state index contributed by atoms with van der Waals surface area (Å²) >= 11 is 0. The molecular weight excluding hydrogens is 502 g/mol. The monoisotopic (exact) mass is 546 g/mol. The van der Waals surface area contributed by atoms with E-state index in [4.69, 9.17) is 4.74 Å². The van der Waals surface area contributed by atoms with Crippen LogP contribution in [0.15, 0.2) is 12.1 Å². The van der Waals surface area contributed by atoms with E-state index >= 15 is 0 Å². The minimum absolute atomic E-state index is 0.132. The summed E-state index contributed by atoms with van der Waals surface area (Å²) in [6, 6.07) is 2.31. The third-order valence-electron chi connectivity index (χ3n) is 10.0. The quantitative estimate of drug-likeness (QED) is 0.309. The van der Waals surface area contributed by atoms with Gasteiger partial charge in [0.05, 0.1) is 12.2 Å². The van der Waals surface area contributed by atoms with E-state index in [0.29, 0.717) is 24.7 Å². The predicted octanol–water partition coefficient (Wildman–Crippen LogP) is 10.8. The number of hydrogen-bond acceptors (Lipinski definition) is 1. The van der Waals surface area contributed by atoms with Crippen LogP contribution in [0, 0.1) is 29.6 Å². The zero-order chi connectivity index (χ0) is 27.5. The van der Waals surface area contributed by atoms with Crippen molar-refractivity contribution >= 4 is 0 Å². The molecule has 4 rings (SSSR count). The molecule has 0 bridgehead atoms. The highest BCUT2D eigenvalue weighted by atomic mass is 19.4. The molecule has 1 aromatic carbocycles. The van der Waals surface area contributed by atoms with Gasteiger partial charge in [-0.3, -0.25) is 0 Å². The van der Waals surface area contributed by atoms with E-state index in [1.165, 1.54) is 77.2 Å². The normalized spacial score (nSPS) is 31.3. The zero-order valence-corrected chi connectivity index (χ0v) is 22.9. The van der Waals surface area contributed by atoms with Crippen LogP contribution in [0.4, 0.5) is 26.3 Å². The Balaban J connectivity index is 1.38. The Hall–Kier alpha value is -1.40. The molecule has 38 heavy (non-hydrogen) atoms. The predicted molar refractivity (Wildman–Crippen MR) is 138 cm³/mol. The molecule has 7 heteroatoms. The number of benzene rings is 1. The Morgan fingerprint density at radius 3 is 1.50 bits per heavy atom. The first-order valence-electron chi connectivity index (χ1n) is 15.0. The van der Waals surface area contributed by atoms with Crippen LogP contribution in [0.2, 0.25) is 0 Å². The van der Waals surface area contributed by atoms with E-state index < -0.39 is 35.1 Å². The van der Waals surface area contributed by atoms with Crippen molar-refractivity contribution in [3.63, 3.8) is 0 Å². The largest absolute Gasteiger partial charge is 0.493 e. The molecule has 3 fully saturated rings. The lowest BCUT2D eigenvalue weighted by Gasteiger charge is -2.41. The molecule has 0 atom stereocenters. The maximum atomic E-state index is 14.1. The van der Waals surface area contributed by atoms with Crippen molar-refractivity contribution in [1.29, 1.82) is 0 Å². The smallest absolute Gasteiger partial charge is 0.420 e. The second kappa shape index (κ2) is 12.4. The molecule has 0 amide bonds. The first-order valence-corrected chi connectivity index (χ1v) is 15.0. The number of rotatable bonds is 7. The van der Waals surface area contributed by atoms with Crippen molar-refractivity contribution in [2.24, 2.45) is 29.6 Å². The van der Waals surface area contributed by atoms with E-state index in [2.05, 4.69) is 6.92 Å². The molecule has 0 unspecified atom stereocenters. The molecule has 1 nitrogen and oxygen atoms in total. The van der Waals surface area contributed by atoms with Crippen LogP contribution in [-0.4, -0.2) is 6.61 Å². The summed E-state index contributed by atoms with van der Waals surface area (Å²) in [4.78, 5) is 0. The Labute approximate surface area is 224 Å². The van der Waals surface area contributed by atoms with E-state index in [9.17, 15) is 26.3 Å². The highest BCUT2D eigenvalue weighted by Gasteiger charge is 2.48. The lowest BCUT2D eigenvalue weighted by molar-refractivity contribution is -0.163. The van der Waals surface area contributed by atoms with Crippen LogP contribution in [0.5, 0.6) is 5.75 Å². The van der Waals surface area contributed by atoms with Crippen LogP contribution in [0.25, 0.3) is 0 Å². The molecule has 0 radical (unpaired) electrons. The van der Waals surface area contributed by atoms with Crippen molar-refractivity contribution in [3.8, 4) is 5.75 Å². The average molecular weight is 547 g/mol. The topological polar surface area (TPSA) is 9.23 Å². The summed E-state index contributed by atoms with van der Waals surface area (Å²) in [5.74, 6) is 2.45. The molecular formula is C31H44F6O. The molecule has 3 aliphatic rings. The van der Waals surface area contributed by atoms with Gasteiger partial charge in [0.15, 0.2) is 0 Å². The van der Waals surface area contributed by atoms with Crippen LogP contribution in [-0.2, 0) is 12.4 Å². The van der Waals surface area contributed by atoms with Gasteiger partial charge in [-0.15, -0.1) is 0 Å². The van der Waals surface area contributed by atoms with Crippen LogP contribution >= 0.6 is 0 Å². The molecule has 0 N–H and O–H groups in total. The summed E-state index contributed by atoms with van der Waals surface area (Å²) in [7, 11) is 0. The average Bonchev–Trinajstić information content (AvgIpc) is 2.88. The summed E-state index contributed by atoms with van der Waals surface area (Å²) in [5.41, 5.74) is -3.43. The van der Waals surface area contributed by atoms with Crippen molar-refractivity contribution in [1.82, 2.24) is 0 Å². The molecule has 0 aromatic heterocycles. The van der Waals surface area contributed by atoms with Crippen molar-refractivity contribution in [3.05, 3.63) is 28.8 Å². The van der Waals surface area contributed by atoms with Gasteiger partial charge in [-0.1, -0.05) is 38.7 Å². The highest BCUT2D eigenvalue weighted by Crippen LogP contribution is 2.52. The van der Waals surface area contributed by atoms with Gasteiger partial charge < -0.3 is 4.74 Å². The maximum absolute atomic E-state index is 14.1. The van der Waals surface area contributed by atoms with Crippen LogP contribution in [0.3, 0.4) is 0 Å². The summed E-state index contributed by atoms with van der Waals surface area (Å²) in [6.45, 7) is 3.61. The van der Waals surface area contributed by atoms with Gasteiger partial charge in [0, 0.05) is 0 Å². The first kappa shape index (κ1) is 29.6. The van der Waals surface area contributed by atoms with Gasteiger partial charge in [0.25, 0.3) is 0 Å². The second-order valence-corrected chi connectivity index (χ2v) is 12.2. The van der Waals surface area contributed by atoms with Gasteiger partial charge in [0.2, 0.25) is 0 Å². The fourth-order valence-electron chi connectivity index (χ4n) is 8.15. The Kier molecular flexibility index (Phi) is 9.66. The third kappa shape index (κ3) is 6.83. The molecule has 0 spiro atoms. The van der Waals surface area contributed by atoms with E-state index in [1.807, 2.05) is 0 Å². The maximum Gasteiger partial charge on any atom is 0.420 e. The minimum atomic E-state index is -5.14. The number of ether oxygens (including phenoxy) is 1. The Bertz CT molecular complexity index is 883.